The average molecular weight is 574 g/mol. The number of esters is 1. The molecule has 1 aliphatic heterocycles. The molecule has 1 heterocycles. The largest absolute Gasteiger partial charge is 0.493 e. The van der Waals surface area contributed by atoms with Crippen LogP contribution >= 0.6 is 34.2 Å². The van der Waals surface area contributed by atoms with Gasteiger partial charge in [-0.1, -0.05) is 54.1 Å². The number of carbonyl (C=O) groups is 2. The van der Waals surface area contributed by atoms with Gasteiger partial charge in [0.2, 0.25) is 5.90 Å². The lowest BCUT2D eigenvalue weighted by atomic mass is 10.1. The Labute approximate surface area is 209 Å². The van der Waals surface area contributed by atoms with Gasteiger partial charge in [0.1, 0.15) is 0 Å². The number of Topliss-reactive ketones (excluding diaryl/α,β-unsaturated/α-hetero) is 1. The highest BCUT2D eigenvalue weighted by molar-refractivity contribution is 14.1. The molecular weight excluding hydrogens is 557 g/mol. The zero-order chi connectivity index (χ0) is 23.4. The van der Waals surface area contributed by atoms with Crippen molar-refractivity contribution >= 4 is 57.9 Å². The number of nitrogens with zero attached hydrogens (tertiary/aromatic N) is 1. The highest BCUT2D eigenvalue weighted by Gasteiger charge is 2.26. The molecule has 0 atom stereocenters. The number of methoxy groups -OCH3 is 1. The third-order valence-corrected chi connectivity index (χ3v) is 5.85. The molecule has 8 heteroatoms. The van der Waals surface area contributed by atoms with Crippen LogP contribution in [0.15, 0.2) is 77.4 Å². The molecule has 0 unspecified atom stereocenters. The van der Waals surface area contributed by atoms with E-state index in [-0.39, 0.29) is 24.0 Å². The number of halogens is 2. The predicted molar refractivity (Wildman–Crippen MR) is 134 cm³/mol. The van der Waals surface area contributed by atoms with Crippen molar-refractivity contribution in [2.24, 2.45) is 4.99 Å². The van der Waals surface area contributed by atoms with Gasteiger partial charge in [-0.05, 0) is 58.5 Å². The number of benzene rings is 3. The summed E-state index contributed by atoms with van der Waals surface area (Å²) in [6, 6.07) is 19.4. The average Bonchev–Trinajstić information content (AvgIpc) is 3.18. The van der Waals surface area contributed by atoms with E-state index in [1.807, 2.05) is 6.07 Å². The summed E-state index contributed by atoms with van der Waals surface area (Å²) < 4.78 is 17.2. The summed E-state index contributed by atoms with van der Waals surface area (Å²) in [4.78, 5) is 29.0. The Bertz CT molecular complexity index is 1290. The number of hydrogen-bond donors (Lipinski definition) is 0. The minimum atomic E-state index is -0.576. The minimum absolute atomic E-state index is 0.130. The van der Waals surface area contributed by atoms with Crippen molar-refractivity contribution in [1.82, 2.24) is 0 Å². The Morgan fingerprint density at radius 3 is 2.58 bits per heavy atom. The fourth-order valence-electron chi connectivity index (χ4n) is 3.13. The summed E-state index contributed by atoms with van der Waals surface area (Å²) in [6.07, 6.45) is 1.59. The minimum Gasteiger partial charge on any atom is -0.493 e. The molecule has 3 aromatic carbocycles. The molecule has 0 aliphatic carbocycles. The van der Waals surface area contributed by atoms with Crippen LogP contribution in [0.4, 0.5) is 0 Å². The first kappa shape index (κ1) is 23.0. The van der Waals surface area contributed by atoms with Crippen molar-refractivity contribution in [3.63, 3.8) is 0 Å². The van der Waals surface area contributed by atoms with E-state index in [0.717, 1.165) is 0 Å². The number of aliphatic imine (C=N–C) groups is 1. The van der Waals surface area contributed by atoms with Crippen LogP contribution in [0.2, 0.25) is 5.02 Å². The third kappa shape index (κ3) is 5.26. The number of rotatable bonds is 7. The lowest BCUT2D eigenvalue weighted by Gasteiger charge is -2.13. The van der Waals surface area contributed by atoms with Crippen molar-refractivity contribution in [2.45, 2.75) is 0 Å². The normalized spacial score (nSPS) is 14.1. The second-order valence-electron chi connectivity index (χ2n) is 6.93. The van der Waals surface area contributed by atoms with Crippen molar-refractivity contribution in [2.75, 3.05) is 13.7 Å². The van der Waals surface area contributed by atoms with Crippen LogP contribution in [-0.2, 0) is 9.53 Å². The van der Waals surface area contributed by atoms with Crippen LogP contribution in [0.5, 0.6) is 11.5 Å². The van der Waals surface area contributed by atoms with Gasteiger partial charge in [-0.25, -0.2) is 9.79 Å². The molecule has 0 amide bonds. The number of cyclic esters (lactones) is 1. The maximum atomic E-state index is 12.4. The van der Waals surface area contributed by atoms with E-state index >= 15 is 0 Å². The Kier molecular flexibility index (Phi) is 7.10. The first-order valence-electron chi connectivity index (χ1n) is 9.82. The van der Waals surface area contributed by atoms with Crippen molar-refractivity contribution in [3.8, 4) is 11.5 Å². The standard InChI is InChI=1S/C25H17ClINO5/c1-31-22-13-15(11-19(27)23(22)32-14-21(29)16-7-3-2-4-8-16)12-20-25(30)33-24(28-20)17-9-5-6-10-18(17)26/h2-13H,14H2,1H3/b20-12-. The third-order valence-electron chi connectivity index (χ3n) is 4.72. The Morgan fingerprint density at radius 2 is 1.85 bits per heavy atom. The van der Waals surface area contributed by atoms with E-state index in [9.17, 15) is 9.59 Å². The van der Waals surface area contributed by atoms with Crippen molar-refractivity contribution in [1.29, 1.82) is 0 Å². The summed E-state index contributed by atoms with van der Waals surface area (Å²) in [5.41, 5.74) is 1.90. The number of carbonyl (C=O) groups excluding carboxylic acids is 2. The molecule has 166 valence electrons. The van der Waals surface area contributed by atoms with Crippen molar-refractivity contribution in [3.05, 3.63) is 97.7 Å². The van der Waals surface area contributed by atoms with E-state index in [1.54, 1.807) is 66.7 Å². The highest BCUT2D eigenvalue weighted by atomic mass is 127. The molecule has 33 heavy (non-hydrogen) atoms. The molecule has 0 saturated heterocycles. The van der Waals surface area contributed by atoms with E-state index in [4.69, 9.17) is 25.8 Å². The van der Waals surface area contributed by atoms with Gasteiger partial charge >= 0.3 is 5.97 Å². The van der Waals surface area contributed by atoms with Gasteiger partial charge in [0.15, 0.2) is 29.6 Å². The van der Waals surface area contributed by atoms with Crippen LogP contribution in [0.1, 0.15) is 21.5 Å². The van der Waals surface area contributed by atoms with Gasteiger partial charge in [-0.3, -0.25) is 4.79 Å². The second kappa shape index (κ2) is 10.2. The summed E-state index contributed by atoms with van der Waals surface area (Å²) >= 11 is 8.27. The van der Waals surface area contributed by atoms with Gasteiger partial charge in [0.05, 0.1) is 21.3 Å². The number of ether oxygens (including phenoxy) is 3. The molecule has 0 spiro atoms. The summed E-state index contributed by atoms with van der Waals surface area (Å²) in [5, 5.41) is 0.438. The smallest absolute Gasteiger partial charge is 0.363 e. The van der Waals surface area contributed by atoms with Crippen molar-refractivity contribution < 1.29 is 23.8 Å². The van der Waals surface area contributed by atoms with Crippen LogP contribution in [0.3, 0.4) is 0 Å². The fraction of sp³-hybridized carbons (Fsp3) is 0.0800. The van der Waals surface area contributed by atoms with Crippen LogP contribution in [0.25, 0.3) is 6.08 Å². The van der Waals surface area contributed by atoms with Gasteiger partial charge in [0.25, 0.3) is 0 Å². The molecule has 0 N–H and O–H groups in total. The summed E-state index contributed by atoms with van der Waals surface area (Å²) in [5.74, 6) is 0.301. The zero-order valence-corrected chi connectivity index (χ0v) is 20.3. The molecule has 0 fully saturated rings. The summed E-state index contributed by atoms with van der Waals surface area (Å²) in [7, 11) is 1.51. The molecular formula is C25H17ClINO5. The lowest BCUT2D eigenvalue weighted by Crippen LogP contribution is -2.12. The second-order valence-corrected chi connectivity index (χ2v) is 8.50. The number of hydrogen-bond acceptors (Lipinski definition) is 6. The van der Waals surface area contributed by atoms with Crippen LogP contribution in [0, 0.1) is 3.57 Å². The van der Waals surface area contributed by atoms with E-state index in [1.165, 1.54) is 7.11 Å². The zero-order valence-electron chi connectivity index (χ0n) is 17.4. The van der Waals surface area contributed by atoms with Gasteiger partial charge in [0, 0.05) is 5.56 Å². The van der Waals surface area contributed by atoms with Gasteiger partial charge in [-0.15, -0.1) is 0 Å². The fourth-order valence-corrected chi connectivity index (χ4v) is 4.12. The Hall–Kier alpha value is -3.17. The molecule has 6 nitrogen and oxygen atoms in total. The van der Waals surface area contributed by atoms with Gasteiger partial charge < -0.3 is 14.2 Å². The highest BCUT2D eigenvalue weighted by Crippen LogP contribution is 2.35. The molecule has 1 aliphatic rings. The molecule has 0 bridgehead atoms. The Morgan fingerprint density at radius 1 is 1.12 bits per heavy atom. The van der Waals surface area contributed by atoms with Crippen LogP contribution in [-0.4, -0.2) is 31.4 Å². The lowest BCUT2D eigenvalue weighted by molar-refractivity contribution is -0.129. The SMILES string of the molecule is COc1cc(/C=C2\N=C(c3ccccc3Cl)OC2=O)cc(I)c1OCC(=O)c1ccccc1. The van der Waals surface area contributed by atoms with E-state index in [2.05, 4.69) is 27.6 Å². The molecule has 0 aromatic heterocycles. The van der Waals surface area contributed by atoms with Crippen LogP contribution < -0.4 is 9.47 Å². The first-order chi connectivity index (χ1) is 16.0. The summed E-state index contributed by atoms with van der Waals surface area (Å²) in [6.45, 7) is -0.130. The van der Waals surface area contributed by atoms with E-state index < -0.39 is 5.97 Å². The molecule has 4 rings (SSSR count). The molecule has 0 radical (unpaired) electrons. The molecule has 0 saturated carbocycles. The van der Waals surface area contributed by atoms with Gasteiger partial charge in [-0.2, -0.15) is 0 Å². The Balaban J connectivity index is 1.57. The quantitative estimate of drug-likeness (QED) is 0.160. The predicted octanol–water partition coefficient (Wildman–Crippen LogP) is 5.56. The maximum absolute atomic E-state index is 12.4. The first-order valence-corrected chi connectivity index (χ1v) is 11.3. The number of ketones is 1. The van der Waals surface area contributed by atoms with E-state index in [0.29, 0.717) is 36.8 Å². The topological polar surface area (TPSA) is 74.2 Å². The molecule has 3 aromatic rings. The monoisotopic (exact) mass is 573 g/mol. The maximum Gasteiger partial charge on any atom is 0.363 e.